The molecule has 4 N–H and O–H groups in total. The van der Waals surface area contributed by atoms with Crippen molar-refractivity contribution in [3.05, 3.63) is 65.4 Å². The Labute approximate surface area is 251 Å². The fraction of sp³-hybridized carbons (Fsp3) is 0.355. The number of esters is 1. The number of amidine groups is 2. The maximum atomic E-state index is 15.7. The number of phenols is 1. The number of carbonyl (C=O) groups is 1. The molecule has 2 saturated carbocycles. The highest BCUT2D eigenvalue weighted by atomic mass is 19.1. The molecule has 2 bridgehead atoms. The van der Waals surface area contributed by atoms with Crippen molar-refractivity contribution in [3.8, 4) is 34.6 Å². The second-order valence-electron chi connectivity index (χ2n) is 11.1. The van der Waals surface area contributed by atoms with Crippen LogP contribution in [0.4, 0.5) is 8.78 Å². The van der Waals surface area contributed by atoms with Crippen LogP contribution in [0.1, 0.15) is 30.4 Å². The number of nitrogens with zero attached hydrogens (tertiary/aromatic N) is 3. The van der Waals surface area contributed by atoms with Crippen molar-refractivity contribution in [2.45, 2.75) is 25.4 Å². The standard InChI is InChI=1S/C31H31F2N5O6/c1-38-10-9-36-29(38)19-13-18(42-26-16-4-3-15(11-16)24(26)31(40)41-2)6-8-22(19)43-27-20(32)14-37-30(25(27)33)44-23-12-17(28(34)35)5-7-21(23)39/h5-8,12-16,24,26,39H,3-4,9-11H2,1-2H3,(H3,34,35). The third-order valence-electron chi connectivity index (χ3n) is 8.42. The molecule has 11 nitrogen and oxygen atoms in total. The van der Waals surface area contributed by atoms with Gasteiger partial charge in [0.25, 0.3) is 5.88 Å². The summed E-state index contributed by atoms with van der Waals surface area (Å²) in [5.74, 6) is -3.82. The van der Waals surface area contributed by atoms with Crippen molar-refractivity contribution in [3.63, 3.8) is 0 Å². The van der Waals surface area contributed by atoms with Gasteiger partial charge in [-0.05, 0) is 67.5 Å². The summed E-state index contributed by atoms with van der Waals surface area (Å²) in [5, 5.41) is 17.8. The number of pyridine rings is 1. The third-order valence-corrected chi connectivity index (χ3v) is 8.42. The Hall–Kier alpha value is -4.94. The number of aromatic hydroxyl groups is 1. The van der Waals surface area contributed by atoms with Crippen LogP contribution < -0.4 is 19.9 Å². The van der Waals surface area contributed by atoms with E-state index in [1.165, 1.54) is 31.4 Å². The number of likely N-dealkylation sites (N-methyl/N-ethyl adjacent to an activating group) is 1. The molecule has 230 valence electrons. The van der Waals surface area contributed by atoms with Crippen LogP contribution in [0.5, 0.6) is 34.6 Å². The van der Waals surface area contributed by atoms with Crippen LogP contribution in [0.15, 0.2) is 47.6 Å². The van der Waals surface area contributed by atoms with E-state index in [4.69, 9.17) is 30.1 Å². The number of hydrogen-bond acceptors (Lipinski definition) is 10. The zero-order chi connectivity index (χ0) is 31.1. The first kappa shape index (κ1) is 29.1. The summed E-state index contributed by atoms with van der Waals surface area (Å²) >= 11 is 0. The van der Waals surface area contributed by atoms with Gasteiger partial charge in [-0.25, -0.2) is 9.37 Å². The number of methoxy groups -OCH3 is 1. The molecule has 6 rings (SSSR count). The van der Waals surface area contributed by atoms with Crippen LogP contribution in [0, 0.1) is 34.8 Å². The molecule has 44 heavy (non-hydrogen) atoms. The van der Waals surface area contributed by atoms with Crippen LogP contribution in [0.2, 0.25) is 0 Å². The Balaban J connectivity index is 1.32. The van der Waals surface area contributed by atoms with Crippen LogP contribution >= 0.6 is 0 Å². The molecular weight excluding hydrogens is 576 g/mol. The van der Waals surface area contributed by atoms with Crippen molar-refractivity contribution < 1.29 is 37.6 Å². The number of nitrogens with two attached hydrogens (primary N) is 1. The number of halogens is 2. The summed E-state index contributed by atoms with van der Waals surface area (Å²) < 4.78 is 53.4. The summed E-state index contributed by atoms with van der Waals surface area (Å²) in [7, 11) is 3.22. The van der Waals surface area contributed by atoms with E-state index in [-0.39, 0.29) is 58.5 Å². The van der Waals surface area contributed by atoms with Gasteiger partial charge in [-0.2, -0.15) is 4.39 Å². The number of aromatic nitrogens is 1. The highest BCUT2D eigenvalue weighted by Crippen LogP contribution is 2.50. The number of ether oxygens (including phenoxy) is 4. The van der Waals surface area contributed by atoms with Crippen molar-refractivity contribution in [1.29, 1.82) is 5.41 Å². The van der Waals surface area contributed by atoms with Crippen molar-refractivity contribution >= 4 is 17.6 Å². The second kappa shape index (κ2) is 11.6. The number of nitrogen functional groups attached to an aromatic ring is 1. The van der Waals surface area contributed by atoms with Gasteiger partial charge in [-0.1, -0.05) is 0 Å². The minimum absolute atomic E-state index is 0.0960. The summed E-state index contributed by atoms with van der Waals surface area (Å²) in [6.45, 7) is 1.15. The van der Waals surface area contributed by atoms with Gasteiger partial charge in [0.05, 0.1) is 31.3 Å². The molecule has 0 radical (unpaired) electrons. The van der Waals surface area contributed by atoms with Crippen molar-refractivity contribution in [1.82, 2.24) is 9.88 Å². The smallest absolute Gasteiger partial charge is 0.312 e. The minimum Gasteiger partial charge on any atom is -0.504 e. The zero-order valence-electron chi connectivity index (χ0n) is 24.0. The van der Waals surface area contributed by atoms with Crippen LogP contribution in [0.3, 0.4) is 0 Å². The molecule has 3 aliphatic rings. The summed E-state index contributed by atoms with van der Waals surface area (Å²) in [6, 6.07) is 8.68. The molecule has 13 heteroatoms. The number of fused-ring (bicyclic) bond motifs is 2. The normalized spacial score (nSPS) is 22.1. The van der Waals surface area contributed by atoms with Crippen molar-refractivity contribution in [2.75, 3.05) is 27.2 Å². The number of hydrogen-bond donors (Lipinski definition) is 3. The maximum absolute atomic E-state index is 15.7. The number of phenolic OH excluding ortho intramolecular Hbond substituents is 1. The van der Waals surface area contributed by atoms with Gasteiger partial charge in [-0.15, -0.1) is 0 Å². The molecule has 4 atom stereocenters. The molecule has 2 heterocycles. The molecule has 2 aromatic carbocycles. The monoisotopic (exact) mass is 607 g/mol. The van der Waals surface area contributed by atoms with E-state index >= 15 is 4.39 Å². The molecule has 0 amide bonds. The van der Waals surface area contributed by atoms with Gasteiger partial charge >= 0.3 is 5.97 Å². The number of rotatable bonds is 9. The lowest BCUT2D eigenvalue weighted by atomic mass is 9.86. The molecular formula is C31H31F2N5O6. The second-order valence-corrected chi connectivity index (χ2v) is 11.1. The molecule has 1 aliphatic heterocycles. The summed E-state index contributed by atoms with van der Waals surface area (Å²) in [4.78, 5) is 22.7. The van der Waals surface area contributed by atoms with Crippen LogP contribution in [-0.4, -0.2) is 66.0 Å². The van der Waals surface area contributed by atoms with E-state index in [1.807, 2.05) is 11.9 Å². The van der Waals surface area contributed by atoms with E-state index in [0.29, 0.717) is 30.2 Å². The van der Waals surface area contributed by atoms with Crippen molar-refractivity contribution in [2.24, 2.45) is 28.5 Å². The Morgan fingerprint density at radius 3 is 2.64 bits per heavy atom. The Morgan fingerprint density at radius 2 is 1.91 bits per heavy atom. The topological polar surface area (TPSA) is 153 Å². The van der Waals surface area contributed by atoms with E-state index in [2.05, 4.69) is 9.98 Å². The number of nitrogens with one attached hydrogen (secondary N) is 1. The molecule has 4 unspecified atom stereocenters. The lowest BCUT2D eigenvalue weighted by Gasteiger charge is -2.30. The highest BCUT2D eigenvalue weighted by Gasteiger charge is 2.53. The molecule has 3 aromatic rings. The quantitative estimate of drug-likeness (QED) is 0.180. The van der Waals surface area contributed by atoms with Crippen LogP contribution in [0.25, 0.3) is 0 Å². The maximum Gasteiger partial charge on any atom is 0.312 e. The number of carbonyl (C=O) groups excluding carboxylic acids is 1. The molecule has 1 aromatic heterocycles. The first-order valence-corrected chi connectivity index (χ1v) is 14.2. The predicted octanol–water partition coefficient (Wildman–Crippen LogP) is 4.59. The molecule has 2 aliphatic carbocycles. The minimum atomic E-state index is -1.26. The third kappa shape index (κ3) is 5.33. The predicted molar refractivity (Wildman–Crippen MR) is 155 cm³/mol. The molecule has 0 saturated heterocycles. The Morgan fingerprint density at radius 1 is 1.11 bits per heavy atom. The fourth-order valence-corrected chi connectivity index (χ4v) is 6.27. The molecule has 2 fully saturated rings. The van der Waals surface area contributed by atoms with Crippen LogP contribution in [-0.2, 0) is 9.53 Å². The van der Waals surface area contributed by atoms with E-state index in [1.54, 1.807) is 12.1 Å². The van der Waals surface area contributed by atoms with Gasteiger partial charge in [0.1, 0.15) is 29.3 Å². The SMILES string of the molecule is COC(=O)C1C2CCC(C2)C1Oc1ccc(Oc2c(F)cnc(Oc3cc(C(=N)N)ccc3O)c2F)c(C2=NCCN2C)c1. The Kier molecular flexibility index (Phi) is 7.70. The largest absolute Gasteiger partial charge is 0.504 e. The first-order valence-electron chi connectivity index (χ1n) is 14.2. The summed E-state index contributed by atoms with van der Waals surface area (Å²) in [6.07, 6.45) is 3.21. The average molecular weight is 608 g/mol. The van der Waals surface area contributed by atoms with Gasteiger partial charge in [0.15, 0.2) is 17.3 Å². The van der Waals surface area contributed by atoms with E-state index in [0.717, 1.165) is 25.5 Å². The lowest BCUT2D eigenvalue weighted by molar-refractivity contribution is -0.151. The van der Waals surface area contributed by atoms with Gasteiger partial charge in [0.2, 0.25) is 11.6 Å². The van der Waals surface area contributed by atoms with Gasteiger partial charge < -0.3 is 34.7 Å². The Bertz CT molecular complexity index is 1670. The average Bonchev–Trinajstić information content (AvgIpc) is 3.74. The lowest BCUT2D eigenvalue weighted by Crippen LogP contribution is -2.38. The zero-order valence-corrected chi connectivity index (χ0v) is 24.0. The van der Waals surface area contributed by atoms with Gasteiger partial charge in [0, 0.05) is 19.2 Å². The number of aliphatic imine (C=N–C) groups is 1. The van der Waals surface area contributed by atoms with E-state index in [9.17, 15) is 14.3 Å². The summed E-state index contributed by atoms with van der Waals surface area (Å²) in [5.41, 5.74) is 6.16. The fourth-order valence-electron chi connectivity index (χ4n) is 6.27. The number of benzene rings is 2. The highest BCUT2D eigenvalue weighted by molar-refractivity contribution is 6.02. The first-order chi connectivity index (χ1) is 21.1. The molecule has 0 spiro atoms. The van der Waals surface area contributed by atoms with Gasteiger partial charge in [-0.3, -0.25) is 15.2 Å². The van der Waals surface area contributed by atoms with E-state index < -0.39 is 23.3 Å².